The summed E-state index contributed by atoms with van der Waals surface area (Å²) < 4.78 is 10.8. The topological polar surface area (TPSA) is 93.5 Å². The third-order valence-corrected chi connectivity index (χ3v) is 5.53. The molecule has 30 heavy (non-hydrogen) atoms. The maximum Gasteiger partial charge on any atom is 0.255 e. The summed E-state index contributed by atoms with van der Waals surface area (Å²) in [5.74, 6) is 2.29. The Bertz CT molecular complexity index is 984. The Morgan fingerprint density at radius 1 is 1.27 bits per heavy atom. The molecule has 1 aromatic heterocycles. The van der Waals surface area contributed by atoms with Gasteiger partial charge in [-0.1, -0.05) is 18.2 Å². The van der Waals surface area contributed by atoms with E-state index in [1.165, 1.54) is 12.8 Å². The molecule has 3 N–H and O–H groups in total. The molecule has 1 atom stereocenters. The van der Waals surface area contributed by atoms with Gasteiger partial charge in [-0.15, -0.1) is 0 Å². The van der Waals surface area contributed by atoms with Crippen LogP contribution in [0.2, 0.25) is 0 Å². The number of benzene rings is 2. The maximum atomic E-state index is 11.0. The number of ether oxygens (including phenoxy) is 2. The monoisotopic (exact) mass is 408 g/mol. The van der Waals surface area contributed by atoms with Crippen LogP contribution in [-0.4, -0.2) is 47.6 Å². The van der Waals surface area contributed by atoms with Crippen LogP contribution < -0.4 is 15.2 Å². The number of H-pyrrole nitrogens is 1. The molecule has 0 aliphatic carbocycles. The number of imidazole rings is 1. The maximum absolute atomic E-state index is 11.0. The number of aromatic nitrogens is 2. The summed E-state index contributed by atoms with van der Waals surface area (Å²) in [7, 11) is 1.60. The fourth-order valence-corrected chi connectivity index (χ4v) is 4.17. The highest BCUT2D eigenvalue weighted by Crippen LogP contribution is 2.29. The van der Waals surface area contributed by atoms with Gasteiger partial charge in [-0.25, -0.2) is 4.98 Å². The first-order valence-electron chi connectivity index (χ1n) is 10.3. The Balaban J connectivity index is 1.38. The number of nitrogens with zero attached hydrogens (tertiary/aromatic N) is 2. The third-order valence-electron chi connectivity index (χ3n) is 5.53. The molecule has 1 aliphatic heterocycles. The Labute approximate surface area is 176 Å². The molecular weight excluding hydrogens is 380 g/mol. The summed E-state index contributed by atoms with van der Waals surface area (Å²) in [6.07, 6.45) is 3.37. The van der Waals surface area contributed by atoms with E-state index in [2.05, 4.69) is 16.0 Å². The van der Waals surface area contributed by atoms with Crippen molar-refractivity contribution < 1.29 is 14.3 Å². The number of likely N-dealkylation sites (tertiary alicyclic amines) is 1. The fraction of sp³-hybridized carbons (Fsp3) is 0.391. The van der Waals surface area contributed by atoms with Gasteiger partial charge < -0.3 is 20.2 Å². The molecule has 1 aliphatic rings. The van der Waals surface area contributed by atoms with Crippen molar-refractivity contribution in [1.29, 1.82) is 0 Å². The Hall–Kier alpha value is -3.06. The number of hydrogen-bond donors (Lipinski definition) is 2. The summed E-state index contributed by atoms with van der Waals surface area (Å²) in [5, 5.41) is 0. The second kappa shape index (κ2) is 9.17. The Kier molecular flexibility index (Phi) is 6.18. The number of para-hydroxylation sites is 2. The van der Waals surface area contributed by atoms with Crippen LogP contribution in [0.15, 0.2) is 42.5 Å². The number of nitrogens with two attached hydrogens (primary N) is 1. The molecule has 1 saturated heterocycles. The van der Waals surface area contributed by atoms with Crippen LogP contribution in [0.25, 0.3) is 11.0 Å². The zero-order chi connectivity index (χ0) is 20.9. The van der Waals surface area contributed by atoms with Crippen LogP contribution in [0, 0.1) is 5.92 Å². The van der Waals surface area contributed by atoms with E-state index < -0.39 is 5.91 Å². The fourth-order valence-electron chi connectivity index (χ4n) is 4.17. The smallest absolute Gasteiger partial charge is 0.255 e. The molecule has 1 unspecified atom stereocenters. The average Bonchev–Trinajstić information content (AvgIpc) is 3.15. The van der Waals surface area contributed by atoms with Gasteiger partial charge in [0.25, 0.3) is 5.91 Å². The van der Waals surface area contributed by atoms with E-state index in [9.17, 15) is 4.79 Å². The lowest BCUT2D eigenvalue weighted by Crippen LogP contribution is -2.35. The van der Waals surface area contributed by atoms with Gasteiger partial charge in [0.2, 0.25) is 0 Å². The number of hydrogen-bond acceptors (Lipinski definition) is 5. The molecule has 1 amide bonds. The summed E-state index contributed by atoms with van der Waals surface area (Å²) >= 11 is 0. The van der Waals surface area contributed by atoms with E-state index in [-0.39, 0.29) is 6.61 Å². The lowest BCUT2D eigenvalue weighted by atomic mass is 9.94. The van der Waals surface area contributed by atoms with Gasteiger partial charge in [0, 0.05) is 19.5 Å². The van der Waals surface area contributed by atoms with Crippen molar-refractivity contribution in [2.24, 2.45) is 11.7 Å². The zero-order valence-corrected chi connectivity index (χ0v) is 17.3. The zero-order valence-electron chi connectivity index (χ0n) is 17.3. The molecule has 0 spiro atoms. The molecule has 2 aromatic carbocycles. The van der Waals surface area contributed by atoms with Crippen LogP contribution in [0.5, 0.6) is 11.5 Å². The van der Waals surface area contributed by atoms with E-state index in [0.29, 0.717) is 17.4 Å². The number of aromatic amines is 1. The molecule has 3 aromatic rings. The molecule has 0 bridgehead atoms. The molecule has 7 nitrogen and oxygen atoms in total. The van der Waals surface area contributed by atoms with E-state index >= 15 is 0 Å². The van der Waals surface area contributed by atoms with Crippen molar-refractivity contribution in [3.05, 3.63) is 53.9 Å². The Morgan fingerprint density at radius 3 is 2.93 bits per heavy atom. The second-order valence-electron chi connectivity index (χ2n) is 7.89. The largest absolute Gasteiger partial charge is 0.493 e. The van der Waals surface area contributed by atoms with Gasteiger partial charge in [-0.05, 0) is 55.1 Å². The number of carbonyl (C=O) groups excluding carboxylic acids is 1. The average molecular weight is 409 g/mol. The van der Waals surface area contributed by atoms with Crippen LogP contribution in [0.1, 0.15) is 24.2 Å². The van der Waals surface area contributed by atoms with Crippen molar-refractivity contribution in [2.45, 2.75) is 25.8 Å². The van der Waals surface area contributed by atoms with Gasteiger partial charge in [-0.3, -0.25) is 9.69 Å². The van der Waals surface area contributed by atoms with E-state index in [1.54, 1.807) is 7.11 Å². The summed E-state index contributed by atoms with van der Waals surface area (Å²) in [5.41, 5.74) is 8.45. The van der Waals surface area contributed by atoms with Crippen LogP contribution in [-0.2, 0) is 17.8 Å². The lowest BCUT2D eigenvalue weighted by molar-refractivity contribution is -0.119. The first kappa shape index (κ1) is 20.2. The minimum atomic E-state index is -0.509. The van der Waals surface area contributed by atoms with Crippen molar-refractivity contribution >= 4 is 16.9 Å². The van der Waals surface area contributed by atoms with E-state index in [1.807, 2.05) is 36.4 Å². The van der Waals surface area contributed by atoms with Crippen molar-refractivity contribution in [2.75, 3.05) is 26.8 Å². The number of nitrogens with one attached hydrogen (secondary N) is 1. The molecule has 158 valence electrons. The highest BCUT2D eigenvalue weighted by Gasteiger charge is 2.22. The SMILES string of the molecule is COc1cc(CN2CCCC(Cc3nc4ccccc4[nH]3)C2)ccc1OCC(N)=O. The number of carbonyl (C=O) groups is 1. The van der Waals surface area contributed by atoms with Crippen LogP contribution in [0.4, 0.5) is 0 Å². The normalized spacial score (nSPS) is 17.2. The van der Waals surface area contributed by atoms with E-state index in [4.69, 9.17) is 20.2 Å². The Morgan fingerprint density at radius 2 is 2.13 bits per heavy atom. The summed E-state index contributed by atoms with van der Waals surface area (Å²) in [6, 6.07) is 14.0. The van der Waals surface area contributed by atoms with Crippen LogP contribution >= 0.6 is 0 Å². The van der Waals surface area contributed by atoms with Crippen molar-refractivity contribution in [3.63, 3.8) is 0 Å². The predicted octanol–water partition coefficient (Wildman–Crippen LogP) is 2.89. The van der Waals surface area contributed by atoms with Gasteiger partial charge in [0.05, 0.1) is 18.1 Å². The number of fused-ring (bicyclic) bond motifs is 1. The molecular formula is C23H28N4O3. The van der Waals surface area contributed by atoms with Crippen molar-refractivity contribution in [3.8, 4) is 11.5 Å². The number of methoxy groups -OCH3 is 1. The number of primary amides is 1. The quantitative estimate of drug-likeness (QED) is 0.598. The highest BCUT2D eigenvalue weighted by atomic mass is 16.5. The first-order valence-corrected chi connectivity index (χ1v) is 10.3. The van der Waals surface area contributed by atoms with Crippen molar-refractivity contribution in [1.82, 2.24) is 14.9 Å². The van der Waals surface area contributed by atoms with Gasteiger partial charge in [-0.2, -0.15) is 0 Å². The third kappa shape index (κ3) is 4.91. The van der Waals surface area contributed by atoms with Gasteiger partial charge >= 0.3 is 0 Å². The number of rotatable bonds is 8. The number of piperidine rings is 1. The first-order chi connectivity index (χ1) is 14.6. The highest BCUT2D eigenvalue weighted by molar-refractivity contribution is 5.75. The second-order valence-corrected chi connectivity index (χ2v) is 7.89. The standard InChI is InChI=1S/C23H28N4O3/c1-29-21-11-17(8-9-20(21)30-15-22(24)28)14-27-10-4-5-16(13-27)12-23-25-18-6-2-3-7-19(18)26-23/h2-3,6-9,11,16H,4-5,10,12-15H2,1H3,(H2,24,28)(H,25,26). The van der Waals surface area contributed by atoms with E-state index in [0.717, 1.165) is 48.5 Å². The molecule has 2 heterocycles. The lowest BCUT2D eigenvalue weighted by Gasteiger charge is -2.32. The minimum absolute atomic E-state index is 0.161. The minimum Gasteiger partial charge on any atom is -0.493 e. The van der Waals surface area contributed by atoms with Gasteiger partial charge in [0.15, 0.2) is 18.1 Å². The molecule has 4 rings (SSSR count). The predicted molar refractivity (Wildman–Crippen MR) is 115 cm³/mol. The molecule has 1 fully saturated rings. The molecule has 0 saturated carbocycles. The van der Waals surface area contributed by atoms with Crippen LogP contribution in [0.3, 0.4) is 0 Å². The number of amides is 1. The van der Waals surface area contributed by atoms with Gasteiger partial charge in [0.1, 0.15) is 5.82 Å². The molecule has 7 heteroatoms. The molecule has 0 radical (unpaired) electrons. The summed E-state index contributed by atoms with van der Waals surface area (Å²) in [4.78, 5) is 21.6. The summed E-state index contributed by atoms with van der Waals surface area (Å²) in [6.45, 7) is 2.81.